The molecule has 2 nitrogen and oxygen atoms in total. The molecule has 1 saturated carbocycles. The Bertz CT molecular complexity index is 125. The largest absolute Gasteiger partial charge is 0.330 e. The van der Waals surface area contributed by atoms with Crippen LogP contribution in [0.5, 0.6) is 0 Å². The molecule has 1 saturated heterocycles. The number of nitrogens with zero attached hydrogens (tertiary/aromatic N) is 1. The fourth-order valence-corrected chi connectivity index (χ4v) is 1.83. The van der Waals surface area contributed by atoms with E-state index in [1.165, 1.54) is 32.4 Å². The summed E-state index contributed by atoms with van der Waals surface area (Å²) in [5.74, 6) is 0.806. The quantitative estimate of drug-likeness (QED) is 0.676. The molecule has 0 amide bonds. The molecule has 2 N–H and O–H groups in total. The van der Waals surface area contributed by atoms with E-state index in [1.807, 2.05) is 0 Å². The molecule has 11 heavy (non-hydrogen) atoms. The Hall–Kier alpha value is 0.210. The first-order chi connectivity index (χ1) is 4.90. The summed E-state index contributed by atoms with van der Waals surface area (Å²) in [6, 6.07) is 0.955. The predicted octanol–water partition coefficient (Wildman–Crippen LogP) is 0.851. The average Bonchev–Trinajstić information content (AvgIpc) is 2.70. The molecule has 0 aromatic rings. The minimum atomic E-state index is 0. The minimum absolute atomic E-state index is 0. The van der Waals surface area contributed by atoms with E-state index < -0.39 is 0 Å². The van der Waals surface area contributed by atoms with Crippen LogP contribution in [-0.2, 0) is 0 Å². The van der Waals surface area contributed by atoms with Gasteiger partial charge in [0.1, 0.15) is 0 Å². The molecule has 2 rings (SSSR count). The second-order valence-corrected chi connectivity index (χ2v) is 3.62. The number of hydrogen-bond acceptors (Lipinski definition) is 2. The third-order valence-electron chi connectivity index (χ3n) is 2.71. The van der Waals surface area contributed by atoms with Crippen molar-refractivity contribution in [2.75, 3.05) is 19.6 Å². The Morgan fingerprint density at radius 2 is 2.00 bits per heavy atom. The Morgan fingerprint density at radius 1 is 1.27 bits per heavy atom. The molecule has 0 aromatic heterocycles. The first kappa shape index (κ1) is 9.30. The normalized spacial score (nSPS) is 31.9. The van der Waals surface area contributed by atoms with Crippen LogP contribution in [0.1, 0.15) is 19.3 Å². The highest BCUT2D eigenvalue weighted by molar-refractivity contribution is 5.85. The Kier molecular flexibility index (Phi) is 3.16. The molecule has 0 aromatic carbocycles. The molecule has 0 spiro atoms. The molecule has 1 heterocycles. The van der Waals surface area contributed by atoms with Crippen LogP contribution in [0.15, 0.2) is 0 Å². The van der Waals surface area contributed by atoms with Crippen molar-refractivity contribution in [3.8, 4) is 0 Å². The van der Waals surface area contributed by atoms with Gasteiger partial charge in [-0.1, -0.05) is 0 Å². The zero-order chi connectivity index (χ0) is 6.97. The lowest BCUT2D eigenvalue weighted by molar-refractivity contribution is 0.315. The van der Waals surface area contributed by atoms with Gasteiger partial charge in [-0.15, -0.1) is 12.4 Å². The molecule has 2 fully saturated rings. The van der Waals surface area contributed by atoms with Crippen molar-refractivity contribution >= 4 is 12.4 Å². The molecule has 1 aliphatic heterocycles. The van der Waals surface area contributed by atoms with E-state index in [0.29, 0.717) is 0 Å². The van der Waals surface area contributed by atoms with Gasteiger partial charge >= 0.3 is 0 Å². The zero-order valence-corrected chi connectivity index (χ0v) is 7.65. The molecule has 0 bridgehead atoms. The van der Waals surface area contributed by atoms with Crippen molar-refractivity contribution in [1.82, 2.24) is 4.90 Å². The predicted molar refractivity (Wildman–Crippen MR) is 49.0 cm³/mol. The van der Waals surface area contributed by atoms with E-state index in [9.17, 15) is 0 Å². The fourth-order valence-electron chi connectivity index (χ4n) is 1.83. The van der Waals surface area contributed by atoms with Gasteiger partial charge in [0.05, 0.1) is 0 Å². The van der Waals surface area contributed by atoms with E-state index >= 15 is 0 Å². The maximum Gasteiger partial charge on any atom is 0.00965 e. The van der Waals surface area contributed by atoms with Crippen LogP contribution < -0.4 is 5.73 Å². The summed E-state index contributed by atoms with van der Waals surface area (Å²) in [6.07, 6.45) is 4.22. The van der Waals surface area contributed by atoms with Gasteiger partial charge in [0.2, 0.25) is 0 Å². The van der Waals surface area contributed by atoms with Crippen LogP contribution >= 0.6 is 12.4 Å². The summed E-state index contributed by atoms with van der Waals surface area (Å²) < 4.78 is 0. The second-order valence-electron chi connectivity index (χ2n) is 3.62. The van der Waals surface area contributed by atoms with Crippen LogP contribution in [0, 0.1) is 5.92 Å². The topological polar surface area (TPSA) is 29.3 Å². The molecule has 1 unspecified atom stereocenters. The van der Waals surface area contributed by atoms with Crippen molar-refractivity contribution in [2.45, 2.75) is 25.3 Å². The van der Waals surface area contributed by atoms with Crippen LogP contribution in [0.4, 0.5) is 0 Å². The highest BCUT2D eigenvalue weighted by Crippen LogP contribution is 2.31. The molecular weight excluding hydrogens is 160 g/mol. The van der Waals surface area contributed by atoms with E-state index in [0.717, 1.165) is 18.5 Å². The van der Waals surface area contributed by atoms with Crippen molar-refractivity contribution < 1.29 is 0 Å². The molecule has 3 heteroatoms. The maximum absolute atomic E-state index is 5.59. The van der Waals surface area contributed by atoms with Crippen LogP contribution in [-0.4, -0.2) is 30.6 Å². The van der Waals surface area contributed by atoms with E-state index in [-0.39, 0.29) is 12.4 Å². The van der Waals surface area contributed by atoms with Gasteiger partial charge in [-0.25, -0.2) is 0 Å². The summed E-state index contributed by atoms with van der Waals surface area (Å²) in [6.45, 7) is 3.48. The lowest BCUT2D eigenvalue weighted by Gasteiger charge is -2.13. The lowest BCUT2D eigenvalue weighted by atomic mass is 10.1. The summed E-state index contributed by atoms with van der Waals surface area (Å²) >= 11 is 0. The third-order valence-corrected chi connectivity index (χ3v) is 2.71. The highest BCUT2D eigenvalue weighted by atomic mass is 35.5. The fraction of sp³-hybridized carbons (Fsp3) is 1.00. The maximum atomic E-state index is 5.59. The Balaban J connectivity index is 0.000000605. The molecule has 1 atom stereocenters. The first-order valence-electron chi connectivity index (χ1n) is 4.34. The number of nitrogens with two attached hydrogens (primary N) is 1. The van der Waals surface area contributed by atoms with Crippen molar-refractivity contribution in [1.29, 1.82) is 0 Å². The molecule has 66 valence electrons. The number of rotatable bonds is 2. The number of likely N-dealkylation sites (tertiary alicyclic amines) is 1. The van der Waals surface area contributed by atoms with Gasteiger partial charge in [-0.05, 0) is 38.3 Å². The van der Waals surface area contributed by atoms with Gasteiger partial charge < -0.3 is 10.6 Å². The van der Waals surface area contributed by atoms with Crippen molar-refractivity contribution in [3.05, 3.63) is 0 Å². The smallest absolute Gasteiger partial charge is 0.00965 e. The standard InChI is InChI=1S/C8H16N2.ClH/c9-5-7-3-4-10(6-7)8-1-2-8;/h7-8H,1-6,9H2;1H. The monoisotopic (exact) mass is 176 g/mol. The van der Waals surface area contributed by atoms with Gasteiger partial charge in [0.15, 0.2) is 0 Å². The summed E-state index contributed by atoms with van der Waals surface area (Å²) in [5, 5.41) is 0. The lowest BCUT2D eigenvalue weighted by Crippen LogP contribution is -2.24. The SMILES string of the molecule is Cl.NCC1CCN(C2CC2)C1. The van der Waals surface area contributed by atoms with E-state index in [2.05, 4.69) is 4.90 Å². The van der Waals surface area contributed by atoms with Gasteiger partial charge in [-0.3, -0.25) is 0 Å². The molecule has 0 radical (unpaired) electrons. The van der Waals surface area contributed by atoms with E-state index in [4.69, 9.17) is 5.73 Å². The highest BCUT2D eigenvalue weighted by Gasteiger charge is 2.33. The van der Waals surface area contributed by atoms with Crippen LogP contribution in [0.2, 0.25) is 0 Å². The third kappa shape index (κ3) is 2.08. The van der Waals surface area contributed by atoms with Gasteiger partial charge in [0.25, 0.3) is 0 Å². The second kappa shape index (κ2) is 3.74. The molecule has 2 aliphatic rings. The summed E-state index contributed by atoms with van der Waals surface area (Å²) in [4.78, 5) is 2.61. The molecule has 1 aliphatic carbocycles. The number of hydrogen-bond donors (Lipinski definition) is 1. The van der Waals surface area contributed by atoms with Gasteiger partial charge in [0, 0.05) is 12.6 Å². The van der Waals surface area contributed by atoms with E-state index in [1.54, 1.807) is 0 Å². The first-order valence-corrected chi connectivity index (χ1v) is 4.34. The van der Waals surface area contributed by atoms with Crippen molar-refractivity contribution in [3.63, 3.8) is 0 Å². The minimum Gasteiger partial charge on any atom is -0.330 e. The van der Waals surface area contributed by atoms with Crippen LogP contribution in [0.25, 0.3) is 0 Å². The summed E-state index contributed by atoms with van der Waals surface area (Å²) in [7, 11) is 0. The Morgan fingerprint density at radius 3 is 2.45 bits per heavy atom. The van der Waals surface area contributed by atoms with Crippen LogP contribution in [0.3, 0.4) is 0 Å². The zero-order valence-electron chi connectivity index (χ0n) is 6.83. The van der Waals surface area contributed by atoms with Crippen molar-refractivity contribution in [2.24, 2.45) is 11.7 Å². The molecular formula is C8H17ClN2. The average molecular weight is 177 g/mol. The summed E-state index contributed by atoms with van der Waals surface area (Å²) in [5.41, 5.74) is 5.59. The van der Waals surface area contributed by atoms with Gasteiger partial charge in [-0.2, -0.15) is 0 Å². The Labute approximate surface area is 74.5 Å². The number of halogens is 1.